The average molecular weight is 386 g/mol. The third-order valence-electron chi connectivity index (χ3n) is 5.78. The number of carbonyl (C=O) groups excluding carboxylic acids is 1. The zero-order chi connectivity index (χ0) is 19.8. The lowest BCUT2D eigenvalue weighted by molar-refractivity contribution is -0.137. The van der Waals surface area contributed by atoms with E-state index in [-0.39, 0.29) is 0 Å². The van der Waals surface area contributed by atoms with Crippen LogP contribution in [0.15, 0.2) is 35.3 Å². The standard InChI is InChI=1S/C22H35N5O/c1-25(2)22(24-18-19-8-4-3-5-9-19)23-12-13-26-14-16-27(17-15-26)21(28)20-10-6-7-11-20/h3-5,8-9,20H,6-7,10-18H2,1-2H3,(H,23,24). The summed E-state index contributed by atoms with van der Waals surface area (Å²) in [6, 6.07) is 10.3. The van der Waals surface area contributed by atoms with E-state index in [1.165, 1.54) is 18.4 Å². The van der Waals surface area contributed by atoms with Gasteiger partial charge in [0.25, 0.3) is 0 Å². The van der Waals surface area contributed by atoms with Gasteiger partial charge in [-0.3, -0.25) is 9.69 Å². The van der Waals surface area contributed by atoms with Crippen LogP contribution >= 0.6 is 0 Å². The maximum atomic E-state index is 12.5. The Morgan fingerprint density at radius 1 is 1.11 bits per heavy atom. The molecular formula is C22H35N5O. The van der Waals surface area contributed by atoms with E-state index in [1.54, 1.807) is 0 Å². The minimum Gasteiger partial charge on any atom is -0.355 e. The van der Waals surface area contributed by atoms with Crippen molar-refractivity contribution in [2.75, 3.05) is 53.4 Å². The van der Waals surface area contributed by atoms with Crippen molar-refractivity contribution in [2.24, 2.45) is 10.9 Å². The van der Waals surface area contributed by atoms with Crippen LogP contribution in [0, 0.1) is 5.92 Å². The predicted octanol–water partition coefficient (Wildman–Crippen LogP) is 2.03. The highest BCUT2D eigenvalue weighted by atomic mass is 16.2. The molecule has 2 aliphatic rings. The fourth-order valence-electron chi connectivity index (χ4n) is 4.05. The van der Waals surface area contributed by atoms with E-state index in [2.05, 4.69) is 27.2 Å². The maximum absolute atomic E-state index is 12.5. The van der Waals surface area contributed by atoms with Gasteiger partial charge in [-0.1, -0.05) is 43.2 Å². The van der Waals surface area contributed by atoms with E-state index in [0.717, 1.165) is 58.1 Å². The normalized spacial score (nSPS) is 19.1. The molecule has 1 N–H and O–H groups in total. The van der Waals surface area contributed by atoms with Crippen LogP contribution in [0.2, 0.25) is 0 Å². The molecule has 1 saturated carbocycles. The summed E-state index contributed by atoms with van der Waals surface area (Å²) in [4.78, 5) is 23.8. The van der Waals surface area contributed by atoms with E-state index in [0.29, 0.717) is 18.4 Å². The third-order valence-corrected chi connectivity index (χ3v) is 5.78. The molecule has 1 heterocycles. The number of rotatable bonds is 6. The Morgan fingerprint density at radius 3 is 2.43 bits per heavy atom. The SMILES string of the molecule is CN(C)C(=NCc1ccccc1)NCCN1CCN(C(=O)C2CCCC2)CC1. The Kier molecular flexibility index (Phi) is 7.71. The van der Waals surface area contributed by atoms with Gasteiger partial charge in [-0.25, -0.2) is 4.99 Å². The quantitative estimate of drug-likeness (QED) is 0.601. The van der Waals surface area contributed by atoms with Crippen molar-refractivity contribution >= 4 is 11.9 Å². The third kappa shape index (κ3) is 5.96. The highest BCUT2D eigenvalue weighted by molar-refractivity contribution is 5.79. The summed E-state index contributed by atoms with van der Waals surface area (Å²) in [7, 11) is 4.04. The molecule has 1 aromatic carbocycles. The van der Waals surface area contributed by atoms with Crippen LogP contribution in [0.4, 0.5) is 0 Å². The monoisotopic (exact) mass is 385 g/mol. The fraction of sp³-hybridized carbons (Fsp3) is 0.636. The first kappa shape index (κ1) is 20.6. The van der Waals surface area contributed by atoms with Gasteiger partial charge in [-0.15, -0.1) is 0 Å². The number of nitrogens with one attached hydrogen (secondary N) is 1. The van der Waals surface area contributed by atoms with Gasteiger partial charge in [0.05, 0.1) is 6.54 Å². The Morgan fingerprint density at radius 2 is 1.79 bits per heavy atom. The van der Waals surface area contributed by atoms with E-state index in [9.17, 15) is 4.79 Å². The molecule has 0 atom stereocenters. The lowest BCUT2D eigenvalue weighted by Gasteiger charge is -2.36. The highest BCUT2D eigenvalue weighted by Gasteiger charge is 2.29. The van der Waals surface area contributed by atoms with Crippen LogP contribution in [-0.4, -0.2) is 79.9 Å². The molecule has 2 fully saturated rings. The molecule has 1 amide bonds. The fourth-order valence-corrected chi connectivity index (χ4v) is 4.05. The molecule has 1 aliphatic carbocycles. The number of amides is 1. The summed E-state index contributed by atoms with van der Waals surface area (Å²) >= 11 is 0. The largest absolute Gasteiger partial charge is 0.355 e. The summed E-state index contributed by atoms with van der Waals surface area (Å²) < 4.78 is 0. The molecule has 0 unspecified atom stereocenters. The van der Waals surface area contributed by atoms with Crippen molar-refractivity contribution < 1.29 is 4.79 Å². The topological polar surface area (TPSA) is 51.2 Å². The second kappa shape index (κ2) is 10.5. The first-order valence-electron chi connectivity index (χ1n) is 10.6. The predicted molar refractivity (Wildman–Crippen MR) is 114 cm³/mol. The molecule has 1 saturated heterocycles. The minimum absolute atomic E-state index is 0.302. The lowest BCUT2D eigenvalue weighted by atomic mass is 10.1. The van der Waals surface area contributed by atoms with E-state index in [4.69, 9.17) is 4.99 Å². The van der Waals surface area contributed by atoms with Gasteiger partial charge in [0.2, 0.25) is 5.91 Å². The molecule has 1 aromatic rings. The van der Waals surface area contributed by atoms with Crippen LogP contribution in [-0.2, 0) is 11.3 Å². The summed E-state index contributed by atoms with van der Waals surface area (Å²) in [6.07, 6.45) is 4.64. The number of carbonyl (C=O) groups is 1. The Balaban J connectivity index is 1.38. The molecule has 0 bridgehead atoms. The van der Waals surface area contributed by atoms with Gasteiger partial charge in [0, 0.05) is 59.3 Å². The Hall–Kier alpha value is -2.08. The summed E-state index contributed by atoms with van der Waals surface area (Å²) in [5.41, 5.74) is 1.21. The van der Waals surface area contributed by atoms with Crippen molar-refractivity contribution in [3.05, 3.63) is 35.9 Å². The summed E-state index contributed by atoms with van der Waals surface area (Å²) in [6.45, 7) is 6.21. The summed E-state index contributed by atoms with van der Waals surface area (Å²) in [5.74, 6) is 1.62. The zero-order valence-electron chi connectivity index (χ0n) is 17.4. The van der Waals surface area contributed by atoms with Crippen molar-refractivity contribution in [2.45, 2.75) is 32.2 Å². The molecule has 154 valence electrons. The van der Waals surface area contributed by atoms with Gasteiger partial charge in [0.15, 0.2) is 5.96 Å². The number of nitrogens with zero attached hydrogens (tertiary/aromatic N) is 4. The Bertz CT molecular complexity index is 632. The molecule has 1 aliphatic heterocycles. The number of guanidine groups is 1. The molecule has 6 heteroatoms. The van der Waals surface area contributed by atoms with Gasteiger partial charge in [0.1, 0.15) is 0 Å². The van der Waals surface area contributed by atoms with Crippen molar-refractivity contribution in [1.29, 1.82) is 0 Å². The smallest absolute Gasteiger partial charge is 0.225 e. The van der Waals surface area contributed by atoms with Crippen molar-refractivity contribution in [3.63, 3.8) is 0 Å². The number of benzene rings is 1. The van der Waals surface area contributed by atoms with Crippen LogP contribution in [0.5, 0.6) is 0 Å². The molecule has 28 heavy (non-hydrogen) atoms. The zero-order valence-corrected chi connectivity index (χ0v) is 17.4. The van der Waals surface area contributed by atoms with Crippen molar-refractivity contribution in [1.82, 2.24) is 20.0 Å². The molecule has 0 radical (unpaired) electrons. The Labute approximate surface area is 169 Å². The molecule has 0 spiro atoms. The molecular weight excluding hydrogens is 350 g/mol. The number of aliphatic imine (C=N–C) groups is 1. The van der Waals surface area contributed by atoms with E-state index in [1.807, 2.05) is 37.2 Å². The minimum atomic E-state index is 0.302. The van der Waals surface area contributed by atoms with Crippen LogP contribution in [0.3, 0.4) is 0 Å². The van der Waals surface area contributed by atoms with Crippen LogP contribution in [0.25, 0.3) is 0 Å². The molecule has 6 nitrogen and oxygen atoms in total. The summed E-state index contributed by atoms with van der Waals surface area (Å²) in [5, 5.41) is 3.47. The van der Waals surface area contributed by atoms with Gasteiger partial charge < -0.3 is 15.1 Å². The lowest BCUT2D eigenvalue weighted by Crippen LogP contribution is -2.51. The highest BCUT2D eigenvalue weighted by Crippen LogP contribution is 2.26. The van der Waals surface area contributed by atoms with Gasteiger partial charge >= 0.3 is 0 Å². The number of hydrogen-bond donors (Lipinski definition) is 1. The maximum Gasteiger partial charge on any atom is 0.225 e. The molecule has 3 rings (SSSR count). The average Bonchev–Trinajstić information content (AvgIpc) is 3.26. The van der Waals surface area contributed by atoms with Crippen molar-refractivity contribution in [3.8, 4) is 0 Å². The second-order valence-corrected chi connectivity index (χ2v) is 8.09. The number of hydrogen-bond acceptors (Lipinski definition) is 3. The van der Waals surface area contributed by atoms with E-state index >= 15 is 0 Å². The van der Waals surface area contributed by atoms with Gasteiger partial charge in [-0.05, 0) is 18.4 Å². The van der Waals surface area contributed by atoms with E-state index < -0.39 is 0 Å². The van der Waals surface area contributed by atoms with Crippen LogP contribution < -0.4 is 5.32 Å². The number of piperazine rings is 1. The van der Waals surface area contributed by atoms with Crippen LogP contribution in [0.1, 0.15) is 31.2 Å². The second-order valence-electron chi connectivity index (χ2n) is 8.09. The van der Waals surface area contributed by atoms with Gasteiger partial charge in [-0.2, -0.15) is 0 Å². The first-order valence-corrected chi connectivity index (χ1v) is 10.6. The first-order chi connectivity index (χ1) is 13.6. The molecule has 0 aromatic heterocycles.